The number of carbonyl (C=O) groups is 2. The van der Waals surface area contributed by atoms with Crippen molar-refractivity contribution in [2.45, 2.75) is 0 Å². The van der Waals surface area contributed by atoms with Crippen LogP contribution in [0.4, 0.5) is 15.0 Å². The maximum Gasteiger partial charge on any atom is 0.312 e. The average Bonchev–Trinajstić information content (AvgIpc) is 2.34. The molecule has 0 aliphatic heterocycles. The van der Waals surface area contributed by atoms with Gasteiger partial charge in [-0.15, -0.1) is 0 Å². The fraction of sp³-hybridized carbons (Fsp3) is 0.222. The maximum atomic E-state index is 13.6. The third-order valence-electron chi connectivity index (χ3n) is 1.98. The molecule has 1 rings (SSSR count). The van der Waals surface area contributed by atoms with Gasteiger partial charge < -0.3 is 21.8 Å². The highest BCUT2D eigenvalue weighted by Gasteiger charge is 2.14. The normalized spacial score (nSPS) is 9.67. The van der Waals surface area contributed by atoms with E-state index in [9.17, 15) is 14.0 Å². The summed E-state index contributed by atoms with van der Waals surface area (Å²) in [5.74, 6) is 3.32. The van der Waals surface area contributed by atoms with E-state index in [-0.39, 0.29) is 24.5 Å². The third-order valence-corrected chi connectivity index (χ3v) is 1.98. The van der Waals surface area contributed by atoms with Gasteiger partial charge >= 0.3 is 6.03 Å². The second-order valence-electron chi connectivity index (χ2n) is 3.21. The molecule has 1 aromatic rings. The predicted octanol–water partition coefficient (Wildman–Crippen LogP) is -1.10. The van der Waals surface area contributed by atoms with Gasteiger partial charge in [-0.2, -0.15) is 0 Å². The number of amides is 3. The van der Waals surface area contributed by atoms with Crippen LogP contribution in [0.2, 0.25) is 0 Å². The van der Waals surface area contributed by atoms with E-state index in [2.05, 4.69) is 15.6 Å². The fourth-order valence-corrected chi connectivity index (χ4v) is 1.18. The Bertz CT molecular complexity index is 453. The lowest BCUT2D eigenvalue weighted by molar-refractivity contribution is 0.0950. The van der Waals surface area contributed by atoms with Crippen LogP contribution in [0.15, 0.2) is 12.3 Å². The van der Waals surface area contributed by atoms with Gasteiger partial charge in [-0.25, -0.2) is 20.0 Å². The molecule has 1 aromatic heterocycles. The summed E-state index contributed by atoms with van der Waals surface area (Å²) < 4.78 is 13.6. The van der Waals surface area contributed by atoms with Crippen LogP contribution in [0.25, 0.3) is 0 Å². The van der Waals surface area contributed by atoms with E-state index in [1.165, 1.54) is 12.3 Å². The maximum absolute atomic E-state index is 13.6. The van der Waals surface area contributed by atoms with Crippen molar-refractivity contribution in [1.29, 1.82) is 0 Å². The molecule has 3 amide bonds. The molecule has 0 atom stereocenters. The van der Waals surface area contributed by atoms with Crippen LogP contribution < -0.4 is 27.6 Å². The molecule has 1 heterocycles. The summed E-state index contributed by atoms with van der Waals surface area (Å²) >= 11 is 0. The summed E-state index contributed by atoms with van der Waals surface area (Å²) in [6.45, 7) is 0.269. The number of carbonyl (C=O) groups excluding carboxylic acids is 2. The first-order valence-electron chi connectivity index (χ1n) is 4.99. The molecule has 0 saturated heterocycles. The SMILES string of the molecule is NNc1nccc(C(=O)NCCNC(N)=O)c1F. The first kappa shape index (κ1) is 13.6. The monoisotopic (exact) mass is 256 g/mol. The van der Waals surface area contributed by atoms with Crippen LogP contribution in [0, 0.1) is 5.82 Å². The number of nitrogens with one attached hydrogen (secondary N) is 3. The van der Waals surface area contributed by atoms with Crippen LogP contribution in [0.1, 0.15) is 10.4 Å². The smallest absolute Gasteiger partial charge is 0.312 e. The number of nitrogens with zero attached hydrogens (tertiary/aromatic N) is 1. The van der Waals surface area contributed by atoms with Gasteiger partial charge in [0.05, 0.1) is 5.56 Å². The van der Waals surface area contributed by atoms with Gasteiger partial charge in [0.2, 0.25) is 0 Å². The lowest BCUT2D eigenvalue weighted by Crippen LogP contribution is -2.37. The predicted molar refractivity (Wildman–Crippen MR) is 61.9 cm³/mol. The van der Waals surface area contributed by atoms with Gasteiger partial charge in [0.1, 0.15) is 0 Å². The van der Waals surface area contributed by atoms with Crippen molar-refractivity contribution in [3.8, 4) is 0 Å². The van der Waals surface area contributed by atoms with Crippen molar-refractivity contribution in [2.75, 3.05) is 18.5 Å². The van der Waals surface area contributed by atoms with Crippen molar-refractivity contribution in [2.24, 2.45) is 11.6 Å². The number of primary amides is 1. The summed E-state index contributed by atoms with van der Waals surface area (Å²) in [6.07, 6.45) is 1.24. The highest BCUT2D eigenvalue weighted by Crippen LogP contribution is 2.13. The number of hydrogen-bond acceptors (Lipinski definition) is 5. The molecule has 0 unspecified atom stereocenters. The first-order chi connectivity index (χ1) is 8.56. The van der Waals surface area contributed by atoms with Gasteiger partial charge in [-0.1, -0.05) is 0 Å². The summed E-state index contributed by atoms with van der Waals surface area (Å²) in [7, 11) is 0. The second-order valence-corrected chi connectivity index (χ2v) is 3.21. The molecule has 0 saturated carbocycles. The Morgan fingerprint density at radius 2 is 2.00 bits per heavy atom. The summed E-state index contributed by atoms with van der Waals surface area (Å²) in [5.41, 5.74) is 6.67. The van der Waals surface area contributed by atoms with Crippen LogP contribution in [0.3, 0.4) is 0 Å². The molecule has 0 aromatic carbocycles. The molecule has 0 spiro atoms. The largest absolute Gasteiger partial charge is 0.352 e. The number of nitrogen functional groups attached to an aromatic ring is 1. The molecule has 8 nitrogen and oxygen atoms in total. The Balaban J connectivity index is 2.59. The Morgan fingerprint density at radius 1 is 1.33 bits per heavy atom. The number of rotatable bonds is 5. The van der Waals surface area contributed by atoms with Crippen LogP contribution >= 0.6 is 0 Å². The van der Waals surface area contributed by atoms with Crippen LogP contribution in [-0.2, 0) is 0 Å². The summed E-state index contributed by atoms with van der Waals surface area (Å²) in [4.78, 5) is 25.5. The Labute approximate surface area is 102 Å². The highest BCUT2D eigenvalue weighted by atomic mass is 19.1. The minimum Gasteiger partial charge on any atom is -0.352 e. The van der Waals surface area contributed by atoms with Crippen molar-refractivity contribution in [3.63, 3.8) is 0 Å². The molecule has 9 heteroatoms. The molecule has 0 radical (unpaired) electrons. The molecule has 18 heavy (non-hydrogen) atoms. The Morgan fingerprint density at radius 3 is 2.61 bits per heavy atom. The number of pyridine rings is 1. The summed E-state index contributed by atoms with van der Waals surface area (Å²) in [6, 6.07) is 0.515. The van der Waals surface area contributed by atoms with Crippen LogP contribution in [0.5, 0.6) is 0 Å². The van der Waals surface area contributed by atoms with Crippen molar-refractivity contribution in [3.05, 3.63) is 23.6 Å². The van der Waals surface area contributed by atoms with E-state index in [0.29, 0.717) is 0 Å². The zero-order valence-electron chi connectivity index (χ0n) is 9.37. The Kier molecular flexibility index (Phi) is 4.81. The summed E-state index contributed by atoms with van der Waals surface area (Å²) in [5, 5.41) is 4.68. The molecular formula is C9H13FN6O2. The van der Waals surface area contributed by atoms with E-state index in [1.54, 1.807) is 0 Å². The molecule has 0 aliphatic rings. The molecular weight excluding hydrogens is 243 g/mol. The minimum atomic E-state index is -0.847. The number of urea groups is 1. The van der Waals surface area contributed by atoms with Crippen molar-refractivity contribution in [1.82, 2.24) is 15.6 Å². The first-order valence-corrected chi connectivity index (χ1v) is 4.99. The van der Waals surface area contributed by atoms with Gasteiger partial charge in [0.15, 0.2) is 11.6 Å². The van der Waals surface area contributed by atoms with Gasteiger partial charge in [-0.3, -0.25) is 4.79 Å². The number of hydrogen-bond donors (Lipinski definition) is 5. The fourth-order valence-electron chi connectivity index (χ4n) is 1.18. The van der Waals surface area contributed by atoms with Gasteiger partial charge in [-0.05, 0) is 6.07 Å². The topological polar surface area (TPSA) is 135 Å². The third kappa shape index (κ3) is 3.56. The van der Waals surface area contributed by atoms with Crippen molar-refractivity contribution < 1.29 is 14.0 Å². The van der Waals surface area contributed by atoms with Gasteiger partial charge in [0, 0.05) is 19.3 Å². The second kappa shape index (κ2) is 6.35. The minimum absolute atomic E-state index is 0.120. The van der Waals surface area contributed by atoms with Crippen molar-refractivity contribution >= 4 is 17.8 Å². The number of nitrogens with two attached hydrogens (primary N) is 2. The molecule has 0 bridgehead atoms. The number of halogens is 1. The van der Waals surface area contributed by atoms with E-state index in [0.717, 1.165) is 0 Å². The number of aromatic nitrogens is 1. The highest BCUT2D eigenvalue weighted by molar-refractivity contribution is 5.95. The Hall–Kier alpha value is -2.42. The number of hydrazine groups is 1. The lowest BCUT2D eigenvalue weighted by Gasteiger charge is -2.08. The van der Waals surface area contributed by atoms with Crippen LogP contribution in [-0.4, -0.2) is 30.0 Å². The average molecular weight is 256 g/mol. The zero-order chi connectivity index (χ0) is 13.5. The van der Waals surface area contributed by atoms with E-state index in [1.807, 2.05) is 5.43 Å². The molecule has 7 N–H and O–H groups in total. The molecule has 0 fully saturated rings. The quantitative estimate of drug-likeness (QED) is 0.259. The molecule has 0 aliphatic carbocycles. The lowest BCUT2D eigenvalue weighted by atomic mass is 10.2. The van der Waals surface area contributed by atoms with Gasteiger partial charge in [0.25, 0.3) is 5.91 Å². The zero-order valence-corrected chi connectivity index (χ0v) is 9.37. The van der Waals surface area contributed by atoms with E-state index < -0.39 is 17.8 Å². The van der Waals surface area contributed by atoms with E-state index >= 15 is 0 Å². The van der Waals surface area contributed by atoms with E-state index in [4.69, 9.17) is 11.6 Å². The molecule has 98 valence electrons. The number of anilines is 1. The standard InChI is InChI=1S/C9H13FN6O2/c10-6-5(1-2-13-7(6)16-12)8(17)14-3-4-15-9(11)18/h1-2H,3-4,12H2,(H,13,16)(H,14,17)(H3,11,15,18).